The molecular weight excluding hydrogens is 322 g/mol. The predicted octanol–water partition coefficient (Wildman–Crippen LogP) is 3.84. The fourth-order valence-corrected chi connectivity index (χ4v) is 1.71. The van der Waals surface area contributed by atoms with E-state index < -0.39 is 0 Å². The van der Waals surface area contributed by atoms with E-state index in [0.717, 1.165) is 0 Å². The van der Waals surface area contributed by atoms with Gasteiger partial charge < -0.3 is 11.5 Å². The molecule has 0 unspecified atom stereocenters. The summed E-state index contributed by atoms with van der Waals surface area (Å²) < 4.78 is 0. The van der Waals surface area contributed by atoms with Crippen LogP contribution in [0, 0.1) is 34.0 Å². The molecule has 0 heterocycles. The lowest BCUT2D eigenvalue weighted by molar-refractivity contribution is 1.48. The molecule has 126 valence electrons. The average Bonchev–Trinajstić information content (AvgIpc) is 2.72. The second-order valence-electron chi connectivity index (χ2n) is 4.88. The molecule has 0 atom stereocenters. The number of nitrogens with zero attached hydrogens (tertiary/aromatic N) is 3. The summed E-state index contributed by atoms with van der Waals surface area (Å²) >= 11 is 0. The monoisotopic (exact) mass is 339 g/mol. The summed E-state index contributed by atoms with van der Waals surface area (Å²) in [5, 5.41) is 25.0. The molecule has 0 saturated carbocycles. The number of hydrogen-bond acceptors (Lipinski definition) is 5. The van der Waals surface area contributed by atoms with Gasteiger partial charge in [-0.25, -0.2) is 0 Å². The molecule has 5 heteroatoms. The van der Waals surface area contributed by atoms with Gasteiger partial charge in [0, 0.05) is 0 Å². The molecule has 0 aliphatic heterocycles. The lowest BCUT2D eigenvalue weighted by atomic mass is 10.2. The third kappa shape index (κ3) is 6.87. The highest BCUT2D eigenvalue weighted by atomic mass is 14.7. The van der Waals surface area contributed by atoms with Gasteiger partial charge in [0.15, 0.2) is 0 Å². The van der Waals surface area contributed by atoms with E-state index in [9.17, 15) is 0 Å². The van der Waals surface area contributed by atoms with Crippen LogP contribution in [-0.4, -0.2) is 0 Å². The topological polar surface area (TPSA) is 123 Å². The molecule has 3 rings (SSSR count). The van der Waals surface area contributed by atoms with Crippen molar-refractivity contribution in [2.45, 2.75) is 0 Å². The van der Waals surface area contributed by atoms with E-state index >= 15 is 0 Å². The molecule has 0 fully saturated rings. The van der Waals surface area contributed by atoms with Crippen molar-refractivity contribution >= 4 is 11.4 Å². The van der Waals surface area contributed by atoms with Gasteiger partial charge in [-0.3, -0.25) is 0 Å². The summed E-state index contributed by atoms with van der Waals surface area (Å²) in [4.78, 5) is 0. The molecule has 4 N–H and O–H groups in total. The summed E-state index contributed by atoms with van der Waals surface area (Å²) in [5.41, 5.74) is 13.6. The van der Waals surface area contributed by atoms with Gasteiger partial charge in [-0.1, -0.05) is 42.5 Å². The van der Waals surface area contributed by atoms with Crippen LogP contribution < -0.4 is 11.5 Å². The molecule has 3 aromatic rings. The third-order valence-corrected chi connectivity index (χ3v) is 3.07. The van der Waals surface area contributed by atoms with Crippen molar-refractivity contribution in [1.82, 2.24) is 0 Å². The van der Waals surface area contributed by atoms with Crippen molar-refractivity contribution in [1.29, 1.82) is 15.8 Å². The second-order valence-corrected chi connectivity index (χ2v) is 4.88. The first-order chi connectivity index (χ1) is 12.6. The Morgan fingerprint density at radius 3 is 1.31 bits per heavy atom. The molecule has 0 bridgehead atoms. The van der Waals surface area contributed by atoms with Crippen molar-refractivity contribution in [2.24, 2.45) is 0 Å². The van der Waals surface area contributed by atoms with Crippen LogP contribution in [0.5, 0.6) is 0 Å². The van der Waals surface area contributed by atoms with Gasteiger partial charge in [-0.2, -0.15) is 15.8 Å². The summed E-state index contributed by atoms with van der Waals surface area (Å²) in [6.45, 7) is 0. The van der Waals surface area contributed by atoms with Crippen LogP contribution >= 0.6 is 0 Å². The lowest BCUT2D eigenvalue weighted by Gasteiger charge is -1.98. The van der Waals surface area contributed by atoms with Crippen molar-refractivity contribution in [2.75, 3.05) is 11.5 Å². The Kier molecular flexibility index (Phi) is 8.59. The van der Waals surface area contributed by atoms with E-state index in [1.165, 1.54) is 0 Å². The Labute approximate surface area is 153 Å². The van der Waals surface area contributed by atoms with Crippen molar-refractivity contribution < 1.29 is 0 Å². The molecule has 0 amide bonds. The van der Waals surface area contributed by atoms with E-state index in [1.807, 2.05) is 54.6 Å². The van der Waals surface area contributed by atoms with E-state index in [0.29, 0.717) is 28.1 Å². The van der Waals surface area contributed by atoms with Gasteiger partial charge in [0.1, 0.15) is 6.07 Å². The molecule has 3 aromatic carbocycles. The smallest absolute Gasteiger partial charge is 0.101 e. The number of nitrogen functional groups attached to an aromatic ring is 2. The van der Waals surface area contributed by atoms with Crippen LogP contribution in [0.1, 0.15) is 16.7 Å². The predicted molar refractivity (Wildman–Crippen MR) is 102 cm³/mol. The van der Waals surface area contributed by atoms with Crippen molar-refractivity contribution in [3.63, 3.8) is 0 Å². The highest BCUT2D eigenvalue weighted by molar-refractivity contribution is 5.70. The molecule has 0 aliphatic carbocycles. The maximum absolute atomic E-state index is 8.46. The highest BCUT2D eigenvalue weighted by Gasteiger charge is 1.98. The van der Waals surface area contributed by atoms with Gasteiger partial charge in [0.25, 0.3) is 0 Å². The number of benzene rings is 3. The quantitative estimate of drug-likeness (QED) is 0.602. The van der Waals surface area contributed by atoms with Crippen LogP contribution in [0.2, 0.25) is 0 Å². The average molecular weight is 339 g/mol. The summed E-state index contributed by atoms with van der Waals surface area (Å²) in [5.74, 6) is 0. The number of hydrogen-bond donors (Lipinski definition) is 2. The fraction of sp³-hybridized carbons (Fsp3) is 0. The van der Waals surface area contributed by atoms with Gasteiger partial charge in [0.05, 0.1) is 40.2 Å². The minimum Gasteiger partial charge on any atom is -0.397 e. The molecule has 0 spiro atoms. The maximum atomic E-state index is 8.46. The van der Waals surface area contributed by atoms with Crippen LogP contribution in [0.4, 0.5) is 11.4 Å². The Bertz CT molecular complexity index is 881. The number of anilines is 2. The van der Waals surface area contributed by atoms with Crippen molar-refractivity contribution in [3.05, 3.63) is 95.6 Å². The van der Waals surface area contributed by atoms with Gasteiger partial charge >= 0.3 is 0 Å². The Hall–Kier alpha value is -4.27. The molecular formula is C21H17N5. The van der Waals surface area contributed by atoms with Crippen LogP contribution in [0.25, 0.3) is 0 Å². The number of para-hydroxylation sites is 1. The molecule has 0 aliphatic rings. The fourth-order valence-electron chi connectivity index (χ4n) is 1.71. The zero-order valence-corrected chi connectivity index (χ0v) is 14.0. The zero-order valence-electron chi connectivity index (χ0n) is 14.0. The van der Waals surface area contributed by atoms with Crippen LogP contribution in [-0.2, 0) is 0 Å². The van der Waals surface area contributed by atoms with E-state index in [-0.39, 0.29) is 0 Å². The zero-order chi connectivity index (χ0) is 19.2. The number of nitrogens with two attached hydrogens (primary N) is 2. The number of rotatable bonds is 0. The second kappa shape index (κ2) is 11.3. The summed E-state index contributed by atoms with van der Waals surface area (Å²) in [6, 6.07) is 29.3. The van der Waals surface area contributed by atoms with Crippen molar-refractivity contribution in [3.8, 4) is 18.2 Å². The molecule has 0 saturated heterocycles. The SMILES string of the molecule is N#Cc1cccc(N)c1N.N#Cc1ccccc1.N#Cc1ccccc1. The molecule has 0 aromatic heterocycles. The summed E-state index contributed by atoms with van der Waals surface area (Å²) in [6.07, 6.45) is 0. The first-order valence-electron chi connectivity index (χ1n) is 7.56. The Balaban J connectivity index is 0.000000197. The van der Waals surface area contributed by atoms with Crippen LogP contribution in [0.15, 0.2) is 78.9 Å². The highest BCUT2D eigenvalue weighted by Crippen LogP contribution is 2.17. The first kappa shape index (κ1) is 19.8. The van der Waals surface area contributed by atoms with Gasteiger partial charge in [0.2, 0.25) is 0 Å². The van der Waals surface area contributed by atoms with Crippen LogP contribution in [0.3, 0.4) is 0 Å². The molecule has 0 radical (unpaired) electrons. The first-order valence-corrected chi connectivity index (χ1v) is 7.56. The molecule has 5 nitrogen and oxygen atoms in total. The minimum absolute atomic E-state index is 0.366. The summed E-state index contributed by atoms with van der Waals surface area (Å²) in [7, 11) is 0. The molecule has 26 heavy (non-hydrogen) atoms. The largest absolute Gasteiger partial charge is 0.397 e. The van der Waals surface area contributed by atoms with E-state index in [2.05, 4.69) is 0 Å². The van der Waals surface area contributed by atoms with E-state index in [4.69, 9.17) is 27.3 Å². The lowest BCUT2D eigenvalue weighted by Crippen LogP contribution is -1.96. The maximum Gasteiger partial charge on any atom is 0.101 e. The van der Waals surface area contributed by atoms with Gasteiger partial charge in [-0.15, -0.1) is 0 Å². The van der Waals surface area contributed by atoms with Gasteiger partial charge in [-0.05, 0) is 36.4 Å². The van der Waals surface area contributed by atoms with E-state index in [1.54, 1.807) is 42.5 Å². The Morgan fingerprint density at radius 1 is 0.538 bits per heavy atom. The normalized spacial score (nSPS) is 8.19. The minimum atomic E-state index is 0.366. The number of nitriles is 3. The third-order valence-electron chi connectivity index (χ3n) is 3.07. The Morgan fingerprint density at radius 2 is 1.00 bits per heavy atom. The standard InChI is InChI=1S/C7H7N3.2C7H5N/c8-4-5-2-1-3-6(9)7(5)10;2*8-6-7-4-2-1-3-5-7/h1-3H,9-10H2;2*1-5H.